The lowest BCUT2D eigenvalue weighted by Gasteiger charge is -2.49. The van der Waals surface area contributed by atoms with Gasteiger partial charge >= 0.3 is 12.1 Å². The summed E-state index contributed by atoms with van der Waals surface area (Å²) in [5.74, 6) is -2.03. The number of nitrogens with zero attached hydrogens (tertiary/aromatic N) is 3. The second-order valence-electron chi connectivity index (χ2n) is 12.4. The Kier molecular flexibility index (Phi) is 9.22. The van der Waals surface area contributed by atoms with Crippen molar-refractivity contribution >= 4 is 52.0 Å². The summed E-state index contributed by atoms with van der Waals surface area (Å²) in [6, 6.07) is 20.5. The number of hydrogen-bond acceptors (Lipinski definition) is 8. The number of allylic oxidation sites excluding steroid dienone is 1. The highest BCUT2D eigenvalue weighted by Gasteiger charge is 2.58. The minimum absolute atomic E-state index is 0.137. The number of amides is 3. The van der Waals surface area contributed by atoms with Gasteiger partial charge < -0.3 is 19.7 Å². The minimum atomic E-state index is -1.76. The number of hydrogen-bond donors (Lipinski definition) is 1. The van der Waals surface area contributed by atoms with E-state index in [9.17, 15) is 23.4 Å². The average Bonchev–Trinajstić information content (AvgIpc) is 3.41. The Hall–Kier alpha value is -4.81. The predicted octanol–water partition coefficient (Wildman–Crippen LogP) is 4.81. The van der Waals surface area contributed by atoms with E-state index in [0.717, 1.165) is 4.90 Å². The molecule has 48 heavy (non-hydrogen) atoms. The molecule has 248 valence electrons. The van der Waals surface area contributed by atoms with Crippen LogP contribution < -0.4 is 10.2 Å². The maximum atomic E-state index is 14.3. The number of alkyl carbamates (subject to hydrolysis) is 1. The molecule has 3 aromatic rings. The summed E-state index contributed by atoms with van der Waals surface area (Å²) in [5, 5.41) is 1.63. The van der Waals surface area contributed by atoms with Gasteiger partial charge in [-0.15, -0.1) is 0 Å². The number of halogens is 1. The van der Waals surface area contributed by atoms with Crippen molar-refractivity contribution in [3.63, 3.8) is 0 Å². The summed E-state index contributed by atoms with van der Waals surface area (Å²) in [5.41, 5.74) is 1.41. The second-order valence-corrected chi connectivity index (χ2v) is 14.3. The number of aromatic nitrogens is 1. The van der Waals surface area contributed by atoms with E-state index < -0.39 is 51.9 Å². The molecule has 3 amide bonds. The first-order valence-corrected chi connectivity index (χ1v) is 17.1. The highest BCUT2D eigenvalue weighted by Crippen LogP contribution is 2.39. The van der Waals surface area contributed by atoms with Gasteiger partial charge in [-0.3, -0.25) is 18.7 Å². The molecule has 3 aliphatic rings. The quantitative estimate of drug-likeness (QED) is 0.162. The summed E-state index contributed by atoms with van der Waals surface area (Å²) in [6.07, 6.45) is 1.65. The van der Waals surface area contributed by atoms with Gasteiger partial charge in [-0.25, -0.2) is 14.6 Å². The van der Waals surface area contributed by atoms with Crippen molar-refractivity contribution < 1.29 is 32.9 Å². The number of rotatable bonds is 7. The number of benzene rings is 2. The lowest BCUT2D eigenvalue weighted by Crippen LogP contribution is -2.73. The maximum absolute atomic E-state index is 14.3. The van der Waals surface area contributed by atoms with Crippen molar-refractivity contribution in [3.05, 3.63) is 118 Å². The third-order valence-electron chi connectivity index (χ3n) is 7.95. The Labute approximate surface area is 285 Å². The van der Waals surface area contributed by atoms with E-state index in [4.69, 9.17) is 21.1 Å². The first-order chi connectivity index (χ1) is 22.9. The third-order valence-corrected chi connectivity index (χ3v) is 9.86. The summed E-state index contributed by atoms with van der Waals surface area (Å²) < 4.78 is 25.2. The molecule has 2 saturated heterocycles. The number of carbonyl (C=O) groups is 4. The van der Waals surface area contributed by atoms with Crippen LogP contribution in [0.4, 0.5) is 10.5 Å². The van der Waals surface area contributed by atoms with E-state index in [2.05, 4.69) is 10.3 Å². The van der Waals surface area contributed by atoms with Crippen LogP contribution >= 0.6 is 11.6 Å². The zero-order valence-corrected chi connectivity index (χ0v) is 28.0. The van der Waals surface area contributed by atoms with Crippen molar-refractivity contribution in [1.29, 1.82) is 0 Å². The smallest absolute Gasteiger partial charge is 0.408 e. The molecule has 3 atom stereocenters. The Balaban J connectivity index is 1.38. The fraction of sp³-hybridized carbons (Fsp3) is 0.286. The summed E-state index contributed by atoms with van der Waals surface area (Å²) >= 11 is 6.27. The summed E-state index contributed by atoms with van der Waals surface area (Å²) in [6.45, 7) is 5.35. The van der Waals surface area contributed by atoms with Gasteiger partial charge in [0.05, 0.1) is 22.2 Å². The van der Waals surface area contributed by atoms with Crippen molar-refractivity contribution in [3.8, 4) is 0 Å². The van der Waals surface area contributed by atoms with Gasteiger partial charge in [-0.1, -0.05) is 72.3 Å². The topological polar surface area (TPSA) is 135 Å². The number of β-lactam (4-membered cyclic amide) rings is 1. The number of fused-ring (bicyclic) bond motifs is 1. The van der Waals surface area contributed by atoms with Gasteiger partial charge in [-0.05, 0) is 62.1 Å². The minimum Gasteiger partial charge on any atom is -0.448 e. The summed E-state index contributed by atoms with van der Waals surface area (Å²) in [7, 11) is -1.76. The largest absolute Gasteiger partial charge is 0.448 e. The molecule has 0 saturated carbocycles. The number of ether oxygens (including phenoxy) is 2. The SMILES string of the molecule is CC(C)(C)OC(=O)NC1C(=O)N2C(C(=O)OC(c3ccccc3)c3ccccc3)=C(/C=C3\CCN(c4cccnc4Cl)C3=O)CS(=O)C12. The van der Waals surface area contributed by atoms with Gasteiger partial charge in [0.25, 0.3) is 11.8 Å². The van der Waals surface area contributed by atoms with Crippen molar-refractivity contribution in [2.45, 2.75) is 50.3 Å². The lowest BCUT2D eigenvalue weighted by atomic mass is 10.00. The highest BCUT2D eigenvalue weighted by molar-refractivity contribution is 7.86. The number of esters is 1. The second kappa shape index (κ2) is 13.4. The van der Waals surface area contributed by atoms with Crippen molar-refractivity contribution in [2.75, 3.05) is 17.2 Å². The van der Waals surface area contributed by atoms with Crippen LogP contribution in [0.5, 0.6) is 0 Å². The van der Waals surface area contributed by atoms with Gasteiger partial charge in [0, 0.05) is 18.3 Å². The van der Waals surface area contributed by atoms with Crippen LogP contribution in [0.3, 0.4) is 0 Å². The zero-order valence-electron chi connectivity index (χ0n) is 26.4. The molecule has 6 rings (SSSR count). The van der Waals surface area contributed by atoms with Gasteiger partial charge in [0.2, 0.25) is 0 Å². The number of anilines is 1. The zero-order chi connectivity index (χ0) is 34.2. The molecular formula is C35H33ClN4O7S. The van der Waals surface area contributed by atoms with E-state index in [1.165, 1.54) is 17.2 Å². The number of carbonyl (C=O) groups excluding carboxylic acids is 4. The molecule has 3 aliphatic heterocycles. The van der Waals surface area contributed by atoms with Crippen LogP contribution in [-0.4, -0.2) is 67.3 Å². The standard InChI is InChI=1S/C35H33ClN4O7S/c1-35(2,3)47-34(44)38-26-31(42)40-27(33(43)46-28(21-11-6-4-7-12-21)22-13-8-5-9-14-22)24(20-48(45)32(26)40)19-23-16-18-39(30(23)41)25-15-10-17-37-29(25)36/h4-15,17,19,26,28,32H,16,18,20H2,1-3H3,(H,38,44)/b23-19+. The maximum Gasteiger partial charge on any atom is 0.408 e. The molecule has 4 heterocycles. The van der Waals surface area contributed by atoms with E-state index in [1.807, 2.05) is 60.7 Å². The molecule has 0 radical (unpaired) electrons. The normalized spacial score (nSPS) is 21.7. The van der Waals surface area contributed by atoms with E-state index in [1.54, 1.807) is 32.9 Å². The number of nitrogens with one attached hydrogen (secondary N) is 1. The molecule has 0 aliphatic carbocycles. The van der Waals surface area contributed by atoms with Crippen LogP contribution in [-0.2, 0) is 34.7 Å². The van der Waals surface area contributed by atoms with Crippen LogP contribution in [0.25, 0.3) is 0 Å². The Bertz CT molecular complexity index is 1820. The van der Waals surface area contributed by atoms with Crippen LogP contribution in [0, 0.1) is 0 Å². The predicted molar refractivity (Wildman–Crippen MR) is 179 cm³/mol. The fourth-order valence-electron chi connectivity index (χ4n) is 5.85. The molecule has 0 bridgehead atoms. The molecule has 1 aromatic heterocycles. The Morgan fingerprint density at radius 1 is 1.02 bits per heavy atom. The number of pyridine rings is 1. The van der Waals surface area contributed by atoms with E-state index >= 15 is 0 Å². The van der Waals surface area contributed by atoms with Crippen LogP contribution in [0.15, 0.2) is 102 Å². The Morgan fingerprint density at radius 3 is 2.27 bits per heavy atom. The molecule has 11 nitrogen and oxygen atoms in total. The van der Waals surface area contributed by atoms with Gasteiger partial charge in [0.15, 0.2) is 11.3 Å². The first-order valence-electron chi connectivity index (χ1n) is 15.3. The first kappa shape index (κ1) is 33.1. The molecule has 2 fully saturated rings. The average molecular weight is 689 g/mol. The third kappa shape index (κ3) is 6.63. The monoisotopic (exact) mass is 688 g/mol. The highest BCUT2D eigenvalue weighted by atomic mass is 35.5. The molecule has 0 spiro atoms. The van der Waals surface area contributed by atoms with Gasteiger partial charge in [0.1, 0.15) is 22.7 Å². The molecule has 1 N–H and O–H groups in total. The summed E-state index contributed by atoms with van der Waals surface area (Å²) in [4.78, 5) is 60.8. The molecule has 3 unspecified atom stereocenters. The van der Waals surface area contributed by atoms with E-state index in [-0.39, 0.29) is 28.1 Å². The lowest BCUT2D eigenvalue weighted by molar-refractivity contribution is -0.153. The van der Waals surface area contributed by atoms with Crippen LogP contribution in [0.1, 0.15) is 44.4 Å². The van der Waals surface area contributed by atoms with Crippen molar-refractivity contribution in [1.82, 2.24) is 15.2 Å². The van der Waals surface area contributed by atoms with E-state index in [0.29, 0.717) is 35.4 Å². The fourth-order valence-corrected chi connectivity index (χ4v) is 7.70. The van der Waals surface area contributed by atoms with Crippen molar-refractivity contribution in [2.24, 2.45) is 0 Å². The van der Waals surface area contributed by atoms with Crippen LogP contribution in [0.2, 0.25) is 5.15 Å². The molecular weight excluding hydrogens is 656 g/mol. The Morgan fingerprint density at radius 2 is 1.67 bits per heavy atom. The van der Waals surface area contributed by atoms with Gasteiger partial charge in [-0.2, -0.15) is 0 Å². The molecule has 2 aromatic carbocycles. The molecule has 13 heteroatoms.